The third-order valence-corrected chi connectivity index (χ3v) is 6.09. The summed E-state index contributed by atoms with van der Waals surface area (Å²) in [6.45, 7) is 4.54. The summed E-state index contributed by atoms with van der Waals surface area (Å²) in [5, 5.41) is 10.9. The molecule has 0 aromatic heterocycles. The van der Waals surface area contributed by atoms with Crippen LogP contribution in [-0.2, 0) is 19.3 Å². The second kappa shape index (κ2) is 4.82. The smallest absolute Gasteiger partial charge is 0.0783 e. The van der Waals surface area contributed by atoms with Gasteiger partial charge in [-0.05, 0) is 53.5 Å². The first-order valence-electron chi connectivity index (χ1n) is 7.37. The molecule has 1 aliphatic carbocycles. The molecule has 0 amide bonds. The minimum absolute atomic E-state index is 0.258. The molecule has 2 heteroatoms. The van der Waals surface area contributed by atoms with Crippen LogP contribution >= 0.6 is 11.8 Å². The molecule has 1 atom stereocenters. The lowest BCUT2D eigenvalue weighted by Crippen LogP contribution is -2.44. The lowest BCUT2D eigenvalue weighted by atomic mass is 9.79. The van der Waals surface area contributed by atoms with Crippen molar-refractivity contribution in [3.8, 4) is 0 Å². The summed E-state index contributed by atoms with van der Waals surface area (Å²) in [4.78, 5) is 0. The summed E-state index contributed by atoms with van der Waals surface area (Å²) in [5.41, 5.74) is 4.10. The molecule has 1 nitrogen and oxygen atoms in total. The Morgan fingerprint density at radius 3 is 2.74 bits per heavy atom. The van der Waals surface area contributed by atoms with Crippen molar-refractivity contribution in [3.63, 3.8) is 0 Å². The van der Waals surface area contributed by atoms with E-state index in [1.807, 2.05) is 11.8 Å². The number of aryl methyl sites for hydroxylation is 2. The van der Waals surface area contributed by atoms with Gasteiger partial charge in [-0.25, -0.2) is 0 Å². The van der Waals surface area contributed by atoms with E-state index >= 15 is 0 Å². The van der Waals surface area contributed by atoms with E-state index < -0.39 is 5.60 Å². The van der Waals surface area contributed by atoms with E-state index in [0.29, 0.717) is 0 Å². The van der Waals surface area contributed by atoms with Crippen molar-refractivity contribution in [2.24, 2.45) is 5.41 Å². The van der Waals surface area contributed by atoms with Gasteiger partial charge in [0.1, 0.15) is 0 Å². The Kier molecular flexibility index (Phi) is 3.43. The van der Waals surface area contributed by atoms with Crippen LogP contribution in [0.2, 0.25) is 0 Å². The van der Waals surface area contributed by atoms with Crippen LogP contribution in [0.1, 0.15) is 43.4 Å². The maximum absolute atomic E-state index is 10.9. The number of hydrogen-bond acceptors (Lipinski definition) is 2. The highest BCUT2D eigenvalue weighted by molar-refractivity contribution is 7.99. The van der Waals surface area contributed by atoms with Gasteiger partial charge in [0.25, 0.3) is 0 Å². The number of aliphatic hydroxyl groups is 1. The van der Waals surface area contributed by atoms with Crippen molar-refractivity contribution in [2.45, 2.75) is 51.6 Å². The Hall–Kier alpha value is -0.470. The highest BCUT2D eigenvalue weighted by Gasteiger charge is 2.39. The third-order valence-electron chi connectivity index (χ3n) is 4.37. The van der Waals surface area contributed by atoms with Crippen molar-refractivity contribution in [1.29, 1.82) is 0 Å². The van der Waals surface area contributed by atoms with Crippen molar-refractivity contribution < 1.29 is 5.11 Å². The van der Waals surface area contributed by atoms with Gasteiger partial charge in [-0.2, -0.15) is 11.8 Å². The average Bonchev–Trinajstić information content (AvgIpc) is 2.73. The number of fused-ring (bicyclic) bond motifs is 1. The molecule has 1 aromatic rings. The van der Waals surface area contributed by atoms with Crippen LogP contribution in [0.3, 0.4) is 0 Å². The Bertz CT molecular complexity index is 480. The van der Waals surface area contributed by atoms with Crippen LogP contribution in [0.25, 0.3) is 0 Å². The number of benzene rings is 1. The van der Waals surface area contributed by atoms with E-state index in [9.17, 15) is 5.11 Å². The normalized spacial score (nSPS) is 29.2. The minimum atomic E-state index is -0.515. The van der Waals surface area contributed by atoms with Crippen molar-refractivity contribution >= 4 is 11.8 Å². The minimum Gasteiger partial charge on any atom is -0.389 e. The van der Waals surface area contributed by atoms with Gasteiger partial charge in [0, 0.05) is 12.2 Å². The van der Waals surface area contributed by atoms with Crippen molar-refractivity contribution in [2.75, 3.05) is 11.5 Å². The molecule has 104 valence electrons. The molecule has 19 heavy (non-hydrogen) atoms. The molecule has 1 N–H and O–H groups in total. The van der Waals surface area contributed by atoms with E-state index in [4.69, 9.17) is 0 Å². The van der Waals surface area contributed by atoms with E-state index in [1.165, 1.54) is 41.7 Å². The molecule has 3 rings (SSSR count). The maximum Gasteiger partial charge on any atom is 0.0783 e. The fourth-order valence-corrected chi connectivity index (χ4v) is 5.08. The quantitative estimate of drug-likeness (QED) is 0.890. The summed E-state index contributed by atoms with van der Waals surface area (Å²) in [6, 6.07) is 6.85. The first-order chi connectivity index (χ1) is 8.96. The number of hydrogen-bond donors (Lipinski definition) is 1. The Morgan fingerprint density at radius 2 is 1.95 bits per heavy atom. The van der Waals surface area contributed by atoms with E-state index in [1.54, 1.807) is 0 Å². The molecule has 0 radical (unpaired) electrons. The van der Waals surface area contributed by atoms with Gasteiger partial charge in [-0.1, -0.05) is 32.0 Å². The van der Waals surface area contributed by atoms with Crippen LogP contribution in [-0.4, -0.2) is 22.2 Å². The third kappa shape index (κ3) is 3.00. The summed E-state index contributed by atoms with van der Waals surface area (Å²) in [6.07, 6.45) is 5.50. The summed E-state index contributed by atoms with van der Waals surface area (Å²) in [7, 11) is 0. The average molecular weight is 276 g/mol. The van der Waals surface area contributed by atoms with Crippen molar-refractivity contribution in [3.05, 3.63) is 34.9 Å². The van der Waals surface area contributed by atoms with Gasteiger partial charge < -0.3 is 5.11 Å². The van der Waals surface area contributed by atoms with Crippen LogP contribution < -0.4 is 0 Å². The van der Waals surface area contributed by atoms with Gasteiger partial charge in [0.15, 0.2) is 0 Å². The molecule has 0 spiro atoms. The van der Waals surface area contributed by atoms with Crippen molar-refractivity contribution in [1.82, 2.24) is 0 Å². The predicted molar refractivity (Wildman–Crippen MR) is 82.8 cm³/mol. The molecular formula is C17H24OS. The SMILES string of the molecule is CC1(C)CSCC(O)(Cc2ccc3c(c2)CCC3)C1. The molecular weight excluding hydrogens is 252 g/mol. The van der Waals surface area contributed by atoms with E-state index in [-0.39, 0.29) is 5.41 Å². The second-order valence-electron chi connectivity index (χ2n) is 7.19. The number of rotatable bonds is 2. The first-order valence-corrected chi connectivity index (χ1v) is 8.52. The Balaban J connectivity index is 1.77. The van der Waals surface area contributed by atoms with Gasteiger partial charge in [-0.15, -0.1) is 0 Å². The van der Waals surface area contributed by atoms with Crippen LogP contribution in [0.15, 0.2) is 18.2 Å². The molecule has 1 saturated heterocycles. The first kappa shape index (κ1) is 13.5. The van der Waals surface area contributed by atoms with Crippen LogP contribution in [0, 0.1) is 5.41 Å². The summed E-state index contributed by atoms with van der Waals surface area (Å²) in [5.74, 6) is 2.05. The lowest BCUT2D eigenvalue weighted by molar-refractivity contribution is 0.0200. The van der Waals surface area contributed by atoms with Gasteiger partial charge >= 0.3 is 0 Å². The van der Waals surface area contributed by atoms with Crippen LogP contribution in [0.5, 0.6) is 0 Å². The zero-order chi connectivity index (χ0) is 13.5. The molecule has 1 heterocycles. The zero-order valence-corrected chi connectivity index (χ0v) is 12.9. The molecule has 1 unspecified atom stereocenters. The fraction of sp³-hybridized carbons (Fsp3) is 0.647. The Morgan fingerprint density at radius 1 is 1.16 bits per heavy atom. The maximum atomic E-state index is 10.9. The summed E-state index contributed by atoms with van der Waals surface area (Å²) >= 11 is 1.90. The topological polar surface area (TPSA) is 20.2 Å². The standard InChI is InChI=1S/C17H24OS/c1-16(2)10-17(18,12-19-11-16)9-13-6-7-14-4-3-5-15(14)8-13/h6-8,18H,3-5,9-12H2,1-2H3. The second-order valence-corrected chi connectivity index (χ2v) is 8.18. The molecule has 1 aromatic carbocycles. The highest BCUT2D eigenvalue weighted by atomic mass is 32.2. The monoisotopic (exact) mass is 276 g/mol. The van der Waals surface area contributed by atoms with Crippen LogP contribution in [0.4, 0.5) is 0 Å². The molecule has 2 aliphatic rings. The molecule has 0 saturated carbocycles. The summed E-state index contributed by atoms with van der Waals surface area (Å²) < 4.78 is 0. The Labute approximate surface area is 120 Å². The van der Waals surface area contributed by atoms with E-state index in [0.717, 1.165) is 18.6 Å². The number of thioether (sulfide) groups is 1. The van der Waals surface area contributed by atoms with Gasteiger partial charge in [0.05, 0.1) is 5.60 Å². The van der Waals surface area contributed by atoms with Gasteiger partial charge in [-0.3, -0.25) is 0 Å². The largest absolute Gasteiger partial charge is 0.389 e. The highest BCUT2D eigenvalue weighted by Crippen LogP contribution is 2.40. The fourth-order valence-electron chi connectivity index (χ4n) is 3.74. The molecule has 1 fully saturated rings. The zero-order valence-electron chi connectivity index (χ0n) is 12.0. The molecule has 0 bridgehead atoms. The van der Waals surface area contributed by atoms with E-state index in [2.05, 4.69) is 32.0 Å². The van der Waals surface area contributed by atoms with Gasteiger partial charge in [0.2, 0.25) is 0 Å². The lowest BCUT2D eigenvalue weighted by Gasteiger charge is -2.41. The molecule has 1 aliphatic heterocycles. The predicted octanol–water partition coefficient (Wildman–Crippen LogP) is 3.61.